The van der Waals surface area contributed by atoms with Crippen LogP contribution in [0.2, 0.25) is 0 Å². The molecule has 0 unspecified atom stereocenters. The van der Waals surface area contributed by atoms with Crippen LogP contribution in [0.15, 0.2) is 53.6 Å². The van der Waals surface area contributed by atoms with Gasteiger partial charge in [-0.25, -0.2) is 9.97 Å². The van der Waals surface area contributed by atoms with Crippen molar-refractivity contribution in [1.82, 2.24) is 20.0 Å². The van der Waals surface area contributed by atoms with Crippen molar-refractivity contribution in [1.29, 1.82) is 0 Å². The topological polar surface area (TPSA) is 107 Å². The smallest absolute Gasteiger partial charge is 0.257 e. The summed E-state index contributed by atoms with van der Waals surface area (Å²) in [4.78, 5) is 22.7. The third kappa shape index (κ3) is 4.11. The number of hydrogen-bond donors (Lipinski definition) is 2. The molecule has 1 fully saturated rings. The van der Waals surface area contributed by atoms with Gasteiger partial charge in [0.2, 0.25) is 0 Å². The Hall–Kier alpha value is -3.94. The maximum Gasteiger partial charge on any atom is 0.257 e. The average Bonchev–Trinajstić information content (AvgIpc) is 3.42. The number of ether oxygens (including phenoxy) is 1. The standard InChI is InChI=1S/C25H26N6O2/c1-2-33-18-13-11-16(12-14-18)15-27-31-23(26)21(25(32)28-17-7-3-4-8-17)22-24(31)30-20-10-6-5-9-19(20)29-22/h5-6,9-15,17H,2-4,7-8,26H2,1H3,(H,28,32)/b27-15+. The van der Waals surface area contributed by atoms with Crippen molar-refractivity contribution in [2.24, 2.45) is 5.10 Å². The van der Waals surface area contributed by atoms with Crippen molar-refractivity contribution in [2.45, 2.75) is 38.6 Å². The molecular formula is C25H26N6O2. The highest BCUT2D eigenvalue weighted by Crippen LogP contribution is 2.28. The zero-order valence-corrected chi connectivity index (χ0v) is 18.5. The Balaban J connectivity index is 1.58. The van der Waals surface area contributed by atoms with E-state index in [2.05, 4.69) is 10.4 Å². The van der Waals surface area contributed by atoms with E-state index >= 15 is 0 Å². The van der Waals surface area contributed by atoms with Gasteiger partial charge in [-0.3, -0.25) is 4.79 Å². The summed E-state index contributed by atoms with van der Waals surface area (Å²) in [6, 6.07) is 15.3. The second-order valence-electron chi connectivity index (χ2n) is 8.16. The van der Waals surface area contributed by atoms with Gasteiger partial charge in [-0.1, -0.05) is 25.0 Å². The number of nitrogen functional groups attached to an aromatic ring is 1. The molecule has 0 bridgehead atoms. The molecule has 1 aliphatic carbocycles. The number of aromatic nitrogens is 3. The molecule has 2 aromatic carbocycles. The zero-order chi connectivity index (χ0) is 22.8. The summed E-state index contributed by atoms with van der Waals surface area (Å²) >= 11 is 0. The van der Waals surface area contributed by atoms with Crippen molar-refractivity contribution < 1.29 is 9.53 Å². The fourth-order valence-corrected chi connectivity index (χ4v) is 4.26. The van der Waals surface area contributed by atoms with Crippen LogP contribution in [0.1, 0.15) is 48.5 Å². The number of nitrogens with zero attached hydrogens (tertiary/aromatic N) is 4. The predicted octanol–water partition coefficient (Wildman–Crippen LogP) is 4.12. The SMILES string of the molecule is CCOc1ccc(/C=N/n2c(N)c(C(=O)NC3CCCC3)c3nc4ccccc4nc32)cc1. The molecule has 0 aliphatic heterocycles. The molecule has 1 aliphatic rings. The molecule has 3 N–H and O–H groups in total. The predicted molar refractivity (Wildman–Crippen MR) is 130 cm³/mol. The van der Waals surface area contributed by atoms with Gasteiger partial charge in [0.05, 0.1) is 23.9 Å². The minimum atomic E-state index is -0.232. The molecule has 1 saturated carbocycles. The Morgan fingerprint density at radius 2 is 1.85 bits per heavy atom. The summed E-state index contributed by atoms with van der Waals surface area (Å²) in [7, 11) is 0. The number of amides is 1. The monoisotopic (exact) mass is 442 g/mol. The molecule has 4 aromatic rings. The van der Waals surface area contributed by atoms with Crippen molar-refractivity contribution >= 4 is 40.1 Å². The van der Waals surface area contributed by atoms with Gasteiger partial charge in [-0.2, -0.15) is 9.78 Å². The Labute approximate surface area is 191 Å². The number of para-hydroxylation sites is 2. The number of hydrogen-bond acceptors (Lipinski definition) is 6. The molecule has 2 aromatic heterocycles. The molecule has 0 spiro atoms. The summed E-state index contributed by atoms with van der Waals surface area (Å²) in [5.74, 6) is 0.783. The Morgan fingerprint density at radius 1 is 1.15 bits per heavy atom. The minimum absolute atomic E-state index is 0.163. The third-order valence-electron chi connectivity index (χ3n) is 5.90. The second-order valence-corrected chi connectivity index (χ2v) is 8.16. The highest BCUT2D eigenvalue weighted by molar-refractivity contribution is 6.10. The Kier molecular flexibility index (Phi) is 5.64. The van der Waals surface area contributed by atoms with Crippen LogP contribution < -0.4 is 15.8 Å². The summed E-state index contributed by atoms with van der Waals surface area (Å²) in [5.41, 5.74) is 9.97. The normalized spacial score (nSPS) is 14.5. The van der Waals surface area contributed by atoms with Crippen LogP contribution in [0.25, 0.3) is 22.2 Å². The van der Waals surface area contributed by atoms with Gasteiger partial charge in [-0.15, -0.1) is 0 Å². The first-order valence-electron chi connectivity index (χ1n) is 11.3. The van der Waals surface area contributed by atoms with E-state index in [0.717, 1.165) is 37.0 Å². The molecule has 2 heterocycles. The first-order valence-corrected chi connectivity index (χ1v) is 11.3. The van der Waals surface area contributed by atoms with E-state index < -0.39 is 0 Å². The highest BCUT2D eigenvalue weighted by atomic mass is 16.5. The Morgan fingerprint density at radius 3 is 2.55 bits per heavy atom. The lowest BCUT2D eigenvalue weighted by Crippen LogP contribution is -2.33. The molecule has 33 heavy (non-hydrogen) atoms. The molecule has 0 saturated heterocycles. The number of nitrogens with two attached hydrogens (primary N) is 1. The largest absolute Gasteiger partial charge is 0.494 e. The molecule has 1 amide bonds. The Bertz CT molecular complexity index is 1340. The molecular weight excluding hydrogens is 416 g/mol. The van der Waals surface area contributed by atoms with Gasteiger partial charge in [0.15, 0.2) is 5.65 Å². The van der Waals surface area contributed by atoms with Gasteiger partial charge in [-0.05, 0) is 61.7 Å². The first kappa shape index (κ1) is 20.9. The van der Waals surface area contributed by atoms with E-state index in [1.807, 2.05) is 55.5 Å². The van der Waals surface area contributed by atoms with Gasteiger partial charge in [0, 0.05) is 6.04 Å². The minimum Gasteiger partial charge on any atom is -0.494 e. The van der Waals surface area contributed by atoms with Crippen molar-refractivity contribution in [3.05, 3.63) is 59.7 Å². The number of benzene rings is 2. The highest BCUT2D eigenvalue weighted by Gasteiger charge is 2.26. The molecule has 0 radical (unpaired) electrons. The van der Waals surface area contributed by atoms with Crippen molar-refractivity contribution in [2.75, 3.05) is 12.3 Å². The van der Waals surface area contributed by atoms with Crippen LogP contribution in [0.3, 0.4) is 0 Å². The number of nitrogens with one attached hydrogen (secondary N) is 1. The van der Waals surface area contributed by atoms with E-state index in [-0.39, 0.29) is 17.8 Å². The molecule has 168 valence electrons. The zero-order valence-electron chi connectivity index (χ0n) is 18.5. The van der Waals surface area contributed by atoms with Crippen LogP contribution >= 0.6 is 0 Å². The quantitative estimate of drug-likeness (QED) is 0.437. The average molecular weight is 443 g/mol. The van der Waals surface area contributed by atoms with Gasteiger partial charge in [0.1, 0.15) is 22.6 Å². The second kappa shape index (κ2) is 8.90. The molecule has 8 heteroatoms. The molecule has 8 nitrogen and oxygen atoms in total. The van der Waals surface area contributed by atoms with E-state index in [9.17, 15) is 4.79 Å². The van der Waals surface area contributed by atoms with E-state index in [1.165, 1.54) is 4.68 Å². The third-order valence-corrected chi connectivity index (χ3v) is 5.90. The summed E-state index contributed by atoms with van der Waals surface area (Å²) in [5, 5.41) is 7.68. The van der Waals surface area contributed by atoms with Crippen molar-refractivity contribution in [3.63, 3.8) is 0 Å². The number of rotatable bonds is 6. The first-order chi connectivity index (χ1) is 16.1. The van der Waals surface area contributed by atoms with Crippen LogP contribution in [-0.2, 0) is 0 Å². The van der Waals surface area contributed by atoms with Gasteiger partial charge in [0.25, 0.3) is 5.91 Å². The lowest BCUT2D eigenvalue weighted by atomic mass is 10.2. The van der Waals surface area contributed by atoms with Crippen LogP contribution in [-0.4, -0.2) is 39.4 Å². The fourth-order valence-electron chi connectivity index (χ4n) is 4.26. The maximum absolute atomic E-state index is 13.2. The number of carbonyl (C=O) groups is 1. The van der Waals surface area contributed by atoms with E-state index in [0.29, 0.717) is 34.4 Å². The molecule has 0 atom stereocenters. The van der Waals surface area contributed by atoms with Crippen LogP contribution in [0.5, 0.6) is 5.75 Å². The lowest BCUT2D eigenvalue weighted by molar-refractivity contribution is 0.0940. The number of fused-ring (bicyclic) bond motifs is 2. The van der Waals surface area contributed by atoms with E-state index in [1.54, 1.807) is 6.21 Å². The number of carbonyl (C=O) groups excluding carboxylic acids is 1. The van der Waals surface area contributed by atoms with E-state index in [4.69, 9.17) is 20.4 Å². The van der Waals surface area contributed by atoms with Gasteiger partial charge < -0.3 is 15.8 Å². The van der Waals surface area contributed by atoms with Crippen LogP contribution in [0.4, 0.5) is 5.82 Å². The van der Waals surface area contributed by atoms with Gasteiger partial charge >= 0.3 is 0 Å². The maximum atomic E-state index is 13.2. The summed E-state index contributed by atoms with van der Waals surface area (Å²) in [6.45, 7) is 2.55. The fraction of sp³-hybridized carbons (Fsp3) is 0.280. The summed E-state index contributed by atoms with van der Waals surface area (Å²) < 4.78 is 6.99. The van der Waals surface area contributed by atoms with Crippen molar-refractivity contribution in [3.8, 4) is 5.75 Å². The summed E-state index contributed by atoms with van der Waals surface area (Å²) in [6.07, 6.45) is 5.89. The lowest BCUT2D eigenvalue weighted by Gasteiger charge is -2.11. The van der Waals surface area contributed by atoms with Crippen LogP contribution in [0, 0.1) is 0 Å². The number of anilines is 1. The molecule has 5 rings (SSSR count).